The van der Waals surface area contributed by atoms with E-state index in [9.17, 15) is 14.0 Å². The van der Waals surface area contributed by atoms with Crippen LogP contribution in [0.15, 0.2) is 22.7 Å². The van der Waals surface area contributed by atoms with Crippen LogP contribution in [0.2, 0.25) is 0 Å². The van der Waals surface area contributed by atoms with Crippen LogP contribution in [0, 0.1) is 5.82 Å². The van der Waals surface area contributed by atoms with Crippen molar-refractivity contribution in [2.24, 2.45) is 0 Å². The van der Waals surface area contributed by atoms with Gasteiger partial charge in [0.1, 0.15) is 11.9 Å². The van der Waals surface area contributed by atoms with E-state index in [-0.39, 0.29) is 24.3 Å². The molecule has 5 nitrogen and oxygen atoms in total. The normalized spacial score (nSPS) is 21.3. The van der Waals surface area contributed by atoms with Gasteiger partial charge < -0.3 is 15.0 Å². The summed E-state index contributed by atoms with van der Waals surface area (Å²) in [5.74, 6) is -0.877. The van der Waals surface area contributed by atoms with Gasteiger partial charge in [0.2, 0.25) is 0 Å². The minimum absolute atomic E-state index is 0.224. The first-order valence-corrected chi connectivity index (χ1v) is 7.54. The Bertz CT molecular complexity index is 571. The first-order valence-electron chi connectivity index (χ1n) is 6.74. The number of nitrogens with zero attached hydrogens (tertiary/aromatic N) is 1. The molecule has 2 aliphatic rings. The molecule has 1 aromatic rings. The second-order valence-corrected chi connectivity index (χ2v) is 6.17. The Morgan fingerprint density at radius 1 is 1.43 bits per heavy atom. The number of cyclic esters (lactones) is 1. The molecule has 1 aliphatic carbocycles. The number of ether oxygens (including phenoxy) is 1. The maximum atomic E-state index is 13.2. The van der Waals surface area contributed by atoms with Crippen molar-refractivity contribution in [3.05, 3.63) is 34.1 Å². The van der Waals surface area contributed by atoms with Gasteiger partial charge in [-0.1, -0.05) is 15.9 Å². The molecule has 2 fully saturated rings. The Balaban J connectivity index is 1.55. The molecular weight excluding hydrogens is 343 g/mol. The summed E-state index contributed by atoms with van der Waals surface area (Å²) in [6, 6.07) is 4.29. The van der Waals surface area contributed by atoms with Crippen molar-refractivity contribution in [1.29, 1.82) is 0 Å². The van der Waals surface area contributed by atoms with Gasteiger partial charge in [0, 0.05) is 16.1 Å². The minimum atomic E-state index is -0.485. The molecule has 0 radical (unpaired) electrons. The molecule has 21 heavy (non-hydrogen) atoms. The van der Waals surface area contributed by atoms with Crippen LogP contribution >= 0.6 is 15.9 Å². The highest BCUT2D eigenvalue weighted by atomic mass is 79.9. The predicted octanol–water partition coefficient (Wildman–Crippen LogP) is 2.30. The molecule has 112 valence electrons. The fraction of sp³-hybridized carbons (Fsp3) is 0.429. The van der Waals surface area contributed by atoms with Gasteiger partial charge in [0.25, 0.3) is 5.91 Å². The zero-order chi connectivity index (χ0) is 15.0. The summed E-state index contributed by atoms with van der Waals surface area (Å²) < 4.78 is 18.9. The summed E-state index contributed by atoms with van der Waals surface area (Å²) in [5.41, 5.74) is 0.227. The molecule has 7 heteroatoms. The third-order valence-electron chi connectivity index (χ3n) is 3.51. The standard InChI is InChI=1S/C14H14BrFN2O3/c15-9-3-8(4-10(16)5-9)13(19)17-6-12-7-18(11-1-2-11)14(20)21-12/h3-5,11-12H,1-2,6-7H2,(H,17,19). The Labute approximate surface area is 129 Å². The third kappa shape index (κ3) is 3.34. The molecule has 2 amide bonds. The van der Waals surface area contributed by atoms with E-state index in [0.29, 0.717) is 17.1 Å². The summed E-state index contributed by atoms with van der Waals surface area (Å²) in [7, 11) is 0. The average molecular weight is 357 g/mol. The Kier molecular flexibility index (Phi) is 3.84. The van der Waals surface area contributed by atoms with Gasteiger partial charge in [-0.15, -0.1) is 0 Å². The highest BCUT2D eigenvalue weighted by Gasteiger charge is 2.40. The summed E-state index contributed by atoms with van der Waals surface area (Å²) in [4.78, 5) is 25.3. The summed E-state index contributed by atoms with van der Waals surface area (Å²) >= 11 is 3.14. The molecule has 1 saturated heterocycles. The molecule has 1 saturated carbocycles. The Morgan fingerprint density at radius 2 is 2.19 bits per heavy atom. The van der Waals surface area contributed by atoms with Crippen LogP contribution in [0.1, 0.15) is 23.2 Å². The van der Waals surface area contributed by atoms with Crippen LogP contribution in [0.5, 0.6) is 0 Å². The summed E-state index contributed by atoms with van der Waals surface area (Å²) in [6.45, 7) is 0.721. The summed E-state index contributed by atoms with van der Waals surface area (Å²) in [5, 5.41) is 2.67. The number of hydrogen-bond acceptors (Lipinski definition) is 3. The SMILES string of the molecule is O=C(NCC1CN(C2CC2)C(=O)O1)c1cc(F)cc(Br)c1. The van der Waals surface area contributed by atoms with E-state index in [1.54, 1.807) is 4.90 Å². The van der Waals surface area contributed by atoms with Crippen LogP contribution in [0.25, 0.3) is 0 Å². The Morgan fingerprint density at radius 3 is 2.86 bits per heavy atom. The van der Waals surface area contributed by atoms with Gasteiger partial charge >= 0.3 is 6.09 Å². The van der Waals surface area contributed by atoms with E-state index in [1.165, 1.54) is 12.1 Å². The third-order valence-corrected chi connectivity index (χ3v) is 3.96. The number of carbonyl (C=O) groups is 2. The molecular formula is C14H14BrFN2O3. The van der Waals surface area contributed by atoms with Crippen molar-refractivity contribution in [3.8, 4) is 0 Å². The number of hydrogen-bond donors (Lipinski definition) is 1. The molecule has 1 aliphatic heterocycles. The molecule has 1 heterocycles. The van der Waals surface area contributed by atoms with Crippen LogP contribution in [0.3, 0.4) is 0 Å². The number of amides is 2. The molecule has 1 atom stereocenters. The lowest BCUT2D eigenvalue weighted by molar-refractivity contribution is 0.0914. The van der Waals surface area contributed by atoms with Crippen LogP contribution in [0.4, 0.5) is 9.18 Å². The van der Waals surface area contributed by atoms with Crippen molar-refractivity contribution < 1.29 is 18.7 Å². The van der Waals surface area contributed by atoms with E-state index in [4.69, 9.17) is 4.74 Å². The van der Waals surface area contributed by atoms with Gasteiger partial charge in [-0.3, -0.25) is 4.79 Å². The van der Waals surface area contributed by atoms with Crippen LogP contribution in [-0.4, -0.2) is 42.1 Å². The molecule has 0 spiro atoms. The minimum Gasteiger partial charge on any atom is -0.442 e. The fourth-order valence-electron chi connectivity index (χ4n) is 2.33. The fourth-order valence-corrected chi connectivity index (χ4v) is 2.79. The van der Waals surface area contributed by atoms with Crippen LogP contribution < -0.4 is 5.32 Å². The lowest BCUT2D eigenvalue weighted by Crippen LogP contribution is -2.35. The molecule has 0 aromatic heterocycles. The van der Waals surface area contributed by atoms with E-state index >= 15 is 0 Å². The molecule has 0 bridgehead atoms. The maximum Gasteiger partial charge on any atom is 0.410 e. The van der Waals surface area contributed by atoms with E-state index in [2.05, 4.69) is 21.2 Å². The van der Waals surface area contributed by atoms with Gasteiger partial charge in [0.05, 0.1) is 13.1 Å². The number of rotatable bonds is 4. The lowest BCUT2D eigenvalue weighted by atomic mass is 10.2. The first-order chi connectivity index (χ1) is 10.0. The van der Waals surface area contributed by atoms with Crippen molar-refractivity contribution in [1.82, 2.24) is 10.2 Å². The van der Waals surface area contributed by atoms with Gasteiger partial charge in [-0.05, 0) is 31.0 Å². The molecule has 1 aromatic carbocycles. The average Bonchev–Trinajstić information content (AvgIpc) is 3.19. The van der Waals surface area contributed by atoms with Crippen molar-refractivity contribution in [3.63, 3.8) is 0 Å². The quantitative estimate of drug-likeness (QED) is 0.900. The van der Waals surface area contributed by atoms with Gasteiger partial charge in [0.15, 0.2) is 0 Å². The number of benzene rings is 1. The lowest BCUT2D eigenvalue weighted by Gasteiger charge is -2.11. The topological polar surface area (TPSA) is 58.6 Å². The second-order valence-electron chi connectivity index (χ2n) is 5.26. The van der Waals surface area contributed by atoms with E-state index in [0.717, 1.165) is 18.9 Å². The first kappa shape index (κ1) is 14.3. The zero-order valence-corrected chi connectivity index (χ0v) is 12.7. The second kappa shape index (κ2) is 5.63. The highest BCUT2D eigenvalue weighted by molar-refractivity contribution is 9.10. The molecule has 1 unspecified atom stereocenters. The summed E-state index contributed by atoms with van der Waals surface area (Å²) in [6.07, 6.45) is 1.38. The number of nitrogens with one attached hydrogen (secondary N) is 1. The number of halogens is 2. The maximum absolute atomic E-state index is 13.2. The van der Waals surface area contributed by atoms with Crippen molar-refractivity contribution in [2.45, 2.75) is 25.0 Å². The molecule has 1 N–H and O–H groups in total. The van der Waals surface area contributed by atoms with E-state index < -0.39 is 11.7 Å². The predicted molar refractivity (Wildman–Crippen MR) is 76.4 cm³/mol. The zero-order valence-electron chi connectivity index (χ0n) is 11.1. The Hall–Kier alpha value is -1.63. The van der Waals surface area contributed by atoms with Gasteiger partial charge in [-0.2, -0.15) is 0 Å². The highest BCUT2D eigenvalue weighted by Crippen LogP contribution is 2.30. The van der Waals surface area contributed by atoms with Crippen LogP contribution in [-0.2, 0) is 4.74 Å². The van der Waals surface area contributed by atoms with Crippen molar-refractivity contribution in [2.75, 3.05) is 13.1 Å². The largest absolute Gasteiger partial charge is 0.442 e. The van der Waals surface area contributed by atoms with E-state index in [1.807, 2.05) is 0 Å². The number of carbonyl (C=O) groups excluding carboxylic acids is 2. The monoisotopic (exact) mass is 356 g/mol. The van der Waals surface area contributed by atoms with Gasteiger partial charge in [-0.25, -0.2) is 9.18 Å². The smallest absolute Gasteiger partial charge is 0.410 e. The molecule has 3 rings (SSSR count). The van der Waals surface area contributed by atoms with Crippen molar-refractivity contribution >= 4 is 27.9 Å².